The molecule has 2 aromatic heterocycles. The normalized spacial score (nSPS) is 10.2. The molecular weight excluding hydrogens is 200 g/mol. The number of ether oxygens (including phenoxy) is 1. The van der Waals surface area contributed by atoms with Crippen LogP contribution in [0.1, 0.15) is 17.4 Å². The second kappa shape index (κ2) is 3.86. The third kappa shape index (κ3) is 1.68. The van der Waals surface area contributed by atoms with Gasteiger partial charge in [-0.25, -0.2) is 9.78 Å². The van der Waals surface area contributed by atoms with Gasteiger partial charge in [0, 0.05) is 0 Å². The molecule has 2 rings (SSSR count). The number of carbonyl (C=O) groups is 1. The van der Waals surface area contributed by atoms with Crippen LogP contribution in [0.5, 0.6) is 0 Å². The Morgan fingerprint density at radius 3 is 3.07 bits per heavy atom. The van der Waals surface area contributed by atoms with Crippen molar-refractivity contribution >= 4 is 5.97 Å². The van der Waals surface area contributed by atoms with Gasteiger partial charge in [0.1, 0.15) is 6.33 Å². The third-order valence-electron chi connectivity index (χ3n) is 1.66. The summed E-state index contributed by atoms with van der Waals surface area (Å²) in [5, 5.41) is 16.1. The summed E-state index contributed by atoms with van der Waals surface area (Å²) in [5.41, 5.74) is 0.388. The van der Waals surface area contributed by atoms with Crippen molar-refractivity contribution in [1.29, 1.82) is 0 Å². The number of aromatic amines is 2. The predicted octanol–water partition coefficient (Wildman–Crippen LogP) is -0.234. The summed E-state index contributed by atoms with van der Waals surface area (Å²) >= 11 is 0. The lowest BCUT2D eigenvalue weighted by Crippen LogP contribution is -2.07. The van der Waals surface area contributed by atoms with E-state index in [1.54, 1.807) is 6.92 Å². The molecule has 15 heavy (non-hydrogen) atoms. The average molecular weight is 208 g/mol. The Morgan fingerprint density at radius 2 is 2.40 bits per heavy atom. The van der Waals surface area contributed by atoms with Crippen LogP contribution >= 0.6 is 0 Å². The quantitative estimate of drug-likeness (QED) is 0.674. The van der Waals surface area contributed by atoms with Crippen LogP contribution in [0.15, 0.2) is 6.33 Å². The first-order chi connectivity index (χ1) is 7.33. The second-order valence-corrected chi connectivity index (χ2v) is 2.58. The number of hydrogen-bond donors (Lipinski definition) is 2. The highest BCUT2D eigenvalue weighted by Crippen LogP contribution is 2.14. The summed E-state index contributed by atoms with van der Waals surface area (Å²) in [6.45, 7) is 1.99. The summed E-state index contributed by atoms with van der Waals surface area (Å²) in [6.07, 6.45) is 1.32. The Balaban J connectivity index is 2.34. The van der Waals surface area contributed by atoms with E-state index in [0.29, 0.717) is 11.5 Å². The number of rotatable bonds is 3. The molecule has 0 bridgehead atoms. The molecule has 0 unspecified atom stereocenters. The van der Waals surface area contributed by atoms with Gasteiger partial charge in [-0.1, -0.05) is 0 Å². The van der Waals surface area contributed by atoms with Crippen LogP contribution in [0, 0.1) is 0 Å². The van der Waals surface area contributed by atoms with Crippen LogP contribution < -0.4 is 0 Å². The molecule has 0 fully saturated rings. The number of nitrogens with zero attached hydrogens (tertiary/aromatic N) is 4. The fourth-order valence-corrected chi connectivity index (χ4v) is 1.06. The van der Waals surface area contributed by atoms with Crippen molar-refractivity contribution in [3.8, 4) is 11.5 Å². The Labute approximate surface area is 84.1 Å². The fourth-order valence-electron chi connectivity index (χ4n) is 1.06. The average Bonchev–Trinajstić information content (AvgIpc) is 2.88. The lowest BCUT2D eigenvalue weighted by molar-refractivity contribution is 0.0520. The first-order valence-electron chi connectivity index (χ1n) is 4.26. The van der Waals surface area contributed by atoms with E-state index in [1.165, 1.54) is 6.33 Å². The van der Waals surface area contributed by atoms with Crippen molar-refractivity contribution in [2.24, 2.45) is 0 Å². The minimum atomic E-state index is -0.544. The zero-order valence-electron chi connectivity index (χ0n) is 7.89. The first kappa shape index (κ1) is 9.31. The molecule has 0 saturated carbocycles. The van der Waals surface area contributed by atoms with E-state index in [0.717, 1.165) is 0 Å². The van der Waals surface area contributed by atoms with Crippen molar-refractivity contribution in [1.82, 2.24) is 30.6 Å². The predicted molar refractivity (Wildman–Crippen MR) is 47.7 cm³/mol. The van der Waals surface area contributed by atoms with Gasteiger partial charge in [0.15, 0.2) is 11.5 Å². The Hall–Kier alpha value is -2.25. The van der Waals surface area contributed by atoms with Crippen LogP contribution in [0.25, 0.3) is 11.5 Å². The maximum Gasteiger partial charge on any atom is 0.361 e. The van der Waals surface area contributed by atoms with Crippen molar-refractivity contribution in [2.75, 3.05) is 6.61 Å². The van der Waals surface area contributed by atoms with Crippen molar-refractivity contribution < 1.29 is 9.53 Å². The number of H-pyrrole nitrogens is 2. The van der Waals surface area contributed by atoms with E-state index in [4.69, 9.17) is 4.74 Å². The molecule has 0 saturated heterocycles. The maximum atomic E-state index is 11.4. The highest BCUT2D eigenvalue weighted by molar-refractivity contribution is 5.92. The molecule has 2 heterocycles. The van der Waals surface area contributed by atoms with E-state index in [1.807, 2.05) is 0 Å². The van der Waals surface area contributed by atoms with Gasteiger partial charge in [-0.15, -0.1) is 5.10 Å². The van der Waals surface area contributed by atoms with Crippen LogP contribution in [0.4, 0.5) is 0 Å². The smallest absolute Gasteiger partial charge is 0.361 e. The largest absolute Gasteiger partial charge is 0.461 e. The molecule has 8 heteroatoms. The second-order valence-electron chi connectivity index (χ2n) is 2.58. The van der Waals surface area contributed by atoms with Gasteiger partial charge in [0.2, 0.25) is 5.69 Å². The Bertz CT molecular complexity index is 448. The number of aromatic nitrogens is 6. The topological polar surface area (TPSA) is 109 Å². The molecule has 0 atom stereocenters. The van der Waals surface area contributed by atoms with E-state index in [2.05, 4.69) is 30.6 Å². The summed E-state index contributed by atoms with van der Waals surface area (Å²) in [6, 6.07) is 0. The molecule has 0 spiro atoms. The Kier molecular flexibility index (Phi) is 2.40. The van der Waals surface area contributed by atoms with Gasteiger partial charge in [0.25, 0.3) is 0 Å². The van der Waals surface area contributed by atoms with E-state index >= 15 is 0 Å². The summed E-state index contributed by atoms with van der Waals surface area (Å²) in [4.78, 5) is 15.3. The number of esters is 1. The van der Waals surface area contributed by atoms with Gasteiger partial charge >= 0.3 is 5.97 Å². The molecular formula is C7H8N6O2. The van der Waals surface area contributed by atoms with E-state index in [9.17, 15) is 4.79 Å². The molecule has 8 nitrogen and oxygen atoms in total. The minimum Gasteiger partial charge on any atom is -0.461 e. The highest BCUT2D eigenvalue weighted by atomic mass is 16.5. The van der Waals surface area contributed by atoms with Gasteiger partial charge in [-0.3, -0.25) is 5.10 Å². The van der Waals surface area contributed by atoms with Gasteiger partial charge < -0.3 is 4.74 Å². The molecule has 0 aliphatic rings. The Morgan fingerprint density at radius 1 is 1.53 bits per heavy atom. The number of hydrogen-bond acceptors (Lipinski definition) is 6. The maximum absolute atomic E-state index is 11.4. The van der Waals surface area contributed by atoms with Gasteiger partial charge in [-0.2, -0.15) is 15.4 Å². The van der Waals surface area contributed by atoms with Crippen molar-refractivity contribution in [3.63, 3.8) is 0 Å². The van der Waals surface area contributed by atoms with Crippen LogP contribution in [-0.4, -0.2) is 43.2 Å². The number of carbonyl (C=O) groups excluding carboxylic acids is 1. The molecule has 2 aromatic rings. The first-order valence-corrected chi connectivity index (χ1v) is 4.26. The van der Waals surface area contributed by atoms with Gasteiger partial charge in [-0.05, 0) is 6.92 Å². The zero-order valence-corrected chi connectivity index (χ0v) is 7.89. The summed E-state index contributed by atoms with van der Waals surface area (Å²) in [5.74, 6) is -0.176. The van der Waals surface area contributed by atoms with Crippen molar-refractivity contribution in [3.05, 3.63) is 12.0 Å². The standard InChI is InChI=1S/C7H8N6O2/c1-2-15-7(14)5-4(10-13-11-5)6-8-3-9-12-6/h3H,2H2,1H3,(H,8,9,12)(H,10,11,13). The minimum absolute atomic E-state index is 0.0913. The van der Waals surface area contributed by atoms with Crippen molar-refractivity contribution in [2.45, 2.75) is 6.92 Å². The third-order valence-corrected chi connectivity index (χ3v) is 1.66. The van der Waals surface area contributed by atoms with Crippen LogP contribution in [0.3, 0.4) is 0 Å². The lowest BCUT2D eigenvalue weighted by Gasteiger charge is -1.97. The fraction of sp³-hybridized carbons (Fsp3) is 0.286. The molecule has 0 radical (unpaired) electrons. The lowest BCUT2D eigenvalue weighted by atomic mass is 10.3. The molecule has 0 amide bonds. The van der Waals surface area contributed by atoms with E-state index in [-0.39, 0.29) is 12.3 Å². The van der Waals surface area contributed by atoms with E-state index < -0.39 is 5.97 Å². The SMILES string of the molecule is CCOC(=O)c1n[nH]nc1-c1ncn[nH]1. The van der Waals surface area contributed by atoms with Crippen LogP contribution in [0.2, 0.25) is 0 Å². The molecule has 78 valence electrons. The van der Waals surface area contributed by atoms with Gasteiger partial charge in [0.05, 0.1) is 6.61 Å². The molecule has 0 aromatic carbocycles. The molecule has 2 N–H and O–H groups in total. The molecule has 0 aliphatic heterocycles. The zero-order chi connectivity index (χ0) is 10.7. The number of nitrogens with one attached hydrogen (secondary N) is 2. The van der Waals surface area contributed by atoms with Crippen LogP contribution in [-0.2, 0) is 4.74 Å². The highest BCUT2D eigenvalue weighted by Gasteiger charge is 2.20. The summed E-state index contributed by atoms with van der Waals surface area (Å²) < 4.78 is 4.80. The molecule has 0 aliphatic carbocycles. The monoisotopic (exact) mass is 208 g/mol. The summed E-state index contributed by atoms with van der Waals surface area (Å²) in [7, 11) is 0.